The first-order chi connectivity index (χ1) is 7.67. The Bertz CT molecular complexity index is 212. The number of carbonyl (C=O) groups is 1. The van der Waals surface area contributed by atoms with Crippen LogP contribution >= 0.6 is 0 Å². The second-order valence-electron chi connectivity index (χ2n) is 5.06. The highest BCUT2D eigenvalue weighted by atomic mass is 16.3. The summed E-state index contributed by atoms with van der Waals surface area (Å²) in [5, 5.41) is 12.4. The molecule has 16 heavy (non-hydrogen) atoms. The van der Waals surface area contributed by atoms with Crippen molar-refractivity contribution in [2.24, 2.45) is 5.92 Å². The van der Waals surface area contributed by atoms with Gasteiger partial charge in [0.25, 0.3) is 0 Å². The summed E-state index contributed by atoms with van der Waals surface area (Å²) in [5.74, 6) is 0.288. The zero-order valence-corrected chi connectivity index (χ0v) is 10.6. The van der Waals surface area contributed by atoms with Crippen LogP contribution in [-0.4, -0.2) is 23.2 Å². The van der Waals surface area contributed by atoms with Gasteiger partial charge in [0.15, 0.2) is 0 Å². The monoisotopic (exact) mass is 227 g/mol. The van der Waals surface area contributed by atoms with E-state index in [1.807, 2.05) is 0 Å². The largest absolute Gasteiger partial charge is 0.394 e. The second kappa shape index (κ2) is 6.24. The molecule has 0 bridgehead atoms. The topological polar surface area (TPSA) is 49.3 Å². The number of hydrogen-bond donors (Lipinski definition) is 2. The highest BCUT2D eigenvalue weighted by Gasteiger charge is 2.38. The Balaban J connectivity index is 2.47. The van der Waals surface area contributed by atoms with Gasteiger partial charge >= 0.3 is 0 Å². The molecule has 1 saturated carbocycles. The molecule has 2 N–H and O–H groups in total. The van der Waals surface area contributed by atoms with E-state index in [-0.39, 0.29) is 24.0 Å². The van der Waals surface area contributed by atoms with E-state index < -0.39 is 0 Å². The van der Waals surface area contributed by atoms with Gasteiger partial charge in [-0.05, 0) is 32.1 Å². The zero-order valence-electron chi connectivity index (χ0n) is 10.6. The maximum absolute atomic E-state index is 12.1. The van der Waals surface area contributed by atoms with E-state index >= 15 is 0 Å². The predicted molar refractivity (Wildman–Crippen MR) is 65.1 cm³/mol. The molecule has 1 aliphatic carbocycles. The molecule has 0 aromatic rings. The minimum Gasteiger partial charge on any atom is -0.394 e. The summed E-state index contributed by atoms with van der Waals surface area (Å²) in [7, 11) is 0. The van der Waals surface area contributed by atoms with Gasteiger partial charge in [0, 0.05) is 5.92 Å². The highest BCUT2D eigenvalue weighted by molar-refractivity contribution is 5.79. The molecule has 94 valence electrons. The number of amides is 1. The van der Waals surface area contributed by atoms with Crippen LogP contribution in [0.2, 0.25) is 0 Å². The molecule has 0 heterocycles. The molecule has 0 atom stereocenters. The molecule has 1 rings (SSSR count). The van der Waals surface area contributed by atoms with Gasteiger partial charge in [0.05, 0.1) is 12.1 Å². The Morgan fingerprint density at radius 3 is 2.19 bits per heavy atom. The van der Waals surface area contributed by atoms with Crippen molar-refractivity contribution in [1.29, 1.82) is 0 Å². The number of aliphatic hydroxyl groups is 1. The summed E-state index contributed by atoms with van der Waals surface area (Å²) in [4.78, 5) is 12.1. The normalized spacial score (nSPS) is 18.2. The van der Waals surface area contributed by atoms with Crippen molar-refractivity contribution >= 4 is 5.91 Å². The molecule has 1 fully saturated rings. The van der Waals surface area contributed by atoms with Gasteiger partial charge < -0.3 is 10.4 Å². The fourth-order valence-corrected chi connectivity index (χ4v) is 2.39. The van der Waals surface area contributed by atoms with E-state index in [2.05, 4.69) is 19.2 Å². The Labute approximate surface area is 98.6 Å². The molecule has 0 spiro atoms. The molecule has 0 aliphatic heterocycles. The third kappa shape index (κ3) is 3.21. The molecule has 0 aromatic carbocycles. The van der Waals surface area contributed by atoms with Gasteiger partial charge in [-0.3, -0.25) is 4.79 Å². The van der Waals surface area contributed by atoms with Crippen LogP contribution in [0.15, 0.2) is 0 Å². The van der Waals surface area contributed by atoms with Crippen molar-refractivity contribution in [1.82, 2.24) is 5.32 Å². The lowest BCUT2D eigenvalue weighted by Crippen LogP contribution is -2.57. The van der Waals surface area contributed by atoms with Crippen LogP contribution in [0.1, 0.15) is 58.8 Å². The van der Waals surface area contributed by atoms with Crippen LogP contribution in [0.4, 0.5) is 0 Å². The van der Waals surface area contributed by atoms with E-state index in [4.69, 9.17) is 0 Å². The first-order valence-electron chi connectivity index (χ1n) is 6.60. The predicted octanol–water partition coefficient (Wildman–Crippen LogP) is 2.23. The van der Waals surface area contributed by atoms with Crippen LogP contribution in [0.3, 0.4) is 0 Å². The summed E-state index contributed by atoms with van der Waals surface area (Å²) in [6.45, 7) is 4.31. The molecule has 3 heteroatoms. The van der Waals surface area contributed by atoms with Gasteiger partial charge in [-0.1, -0.05) is 26.7 Å². The quantitative estimate of drug-likeness (QED) is 0.700. The van der Waals surface area contributed by atoms with Gasteiger partial charge in [-0.2, -0.15) is 0 Å². The highest BCUT2D eigenvalue weighted by Crippen LogP contribution is 2.32. The maximum Gasteiger partial charge on any atom is 0.223 e. The Morgan fingerprint density at radius 2 is 1.88 bits per heavy atom. The van der Waals surface area contributed by atoms with Gasteiger partial charge in [-0.15, -0.1) is 0 Å². The lowest BCUT2D eigenvalue weighted by molar-refractivity contribution is -0.129. The zero-order chi connectivity index (χ0) is 12.0. The van der Waals surface area contributed by atoms with E-state index in [0.29, 0.717) is 0 Å². The van der Waals surface area contributed by atoms with Crippen LogP contribution in [0.5, 0.6) is 0 Å². The number of nitrogens with one attached hydrogen (secondary N) is 1. The fourth-order valence-electron chi connectivity index (χ4n) is 2.39. The minimum atomic E-state index is -0.281. The molecule has 1 aliphatic rings. The summed E-state index contributed by atoms with van der Waals surface area (Å²) in [5.41, 5.74) is -0.281. The summed E-state index contributed by atoms with van der Waals surface area (Å²) >= 11 is 0. The van der Waals surface area contributed by atoms with E-state index in [1.54, 1.807) is 0 Å². The van der Waals surface area contributed by atoms with E-state index in [0.717, 1.165) is 44.9 Å². The third-order valence-electron chi connectivity index (χ3n) is 3.65. The molecular weight excluding hydrogens is 202 g/mol. The van der Waals surface area contributed by atoms with Crippen LogP contribution in [-0.2, 0) is 4.79 Å². The lowest BCUT2D eigenvalue weighted by atomic mass is 9.77. The minimum absolute atomic E-state index is 0.0870. The van der Waals surface area contributed by atoms with Crippen molar-refractivity contribution in [3.8, 4) is 0 Å². The van der Waals surface area contributed by atoms with Gasteiger partial charge in [0.1, 0.15) is 0 Å². The smallest absolute Gasteiger partial charge is 0.223 e. The van der Waals surface area contributed by atoms with Crippen molar-refractivity contribution in [3.05, 3.63) is 0 Å². The standard InChI is InChI=1S/C13H25NO2/c1-3-6-11(7-4-2)12(16)14-13(10-15)8-5-9-13/h11,15H,3-10H2,1-2H3,(H,14,16). The van der Waals surface area contributed by atoms with Crippen LogP contribution in [0, 0.1) is 5.92 Å². The molecule has 1 amide bonds. The summed E-state index contributed by atoms with van der Waals surface area (Å²) in [6, 6.07) is 0. The van der Waals surface area contributed by atoms with Crippen molar-refractivity contribution in [2.45, 2.75) is 64.3 Å². The molecule has 0 radical (unpaired) electrons. The van der Waals surface area contributed by atoms with Crippen molar-refractivity contribution < 1.29 is 9.90 Å². The number of carbonyl (C=O) groups excluding carboxylic acids is 1. The molecule has 3 nitrogen and oxygen atoms in total. The average Bonchev–Trinajstić information content (AvgIpc) is 2.23. The average molecular weight is 227 g/mol. The molecule has 0 aromatic heterocycles. The van der Waals surface area contributed by atoms with E-state index in [9.17, 15) is 9.90 Å². The number of hydrogen-bond acceptors (Lipinski definition) is 2. The second-order valence-corrected chi connectivity index (χ2v) is 5.06. The Hall–Kier alpha value is -0.570. The van der Waals surface area contributed by atoms with Gasteiger partial charge in [-0.25, -0.2) is 0 Å². The van der Waals surface area contributed by atoms with Crippen molar-refractivity contribution in [2.75, 3.05) is 6.61 Å². The third-order valence-corrected chi connectivity index (χ3v) is 3.65. The fraction of sp³-hybridized carbons (Fsp3) is 0.923. The summed E-state index contributed by atoms with van der Waals surface area (Å²) < 4.78 is 0. The maximum atomic E-state index is 12.1. The number of rotatable bonds is 7. The van der Waals surface area contributed by atoms with Crippen LogP contribution in [0.25, 0.3) is 0 Å². The molecular formula is C13H25NO2. The van der Waals surface area contributed by atoms with Crippen molar-refractivity contribution in [3.63, 3.8) is 0 Å². The molecule has 0 unspecified atom stereocenters. The SMILES string of the molecule is CCCC(CCC)C(=O)NC1(CO)CCC1. The summed E-state index contributed by atoms with van der Waals surface area (Å²) in [6.07, 6.45) is 6.99. The lowest BCUT2D eigenvalue weighted by Gasteiger charge is -2.41. The van der Waals surface area contributed by atoms with E-state index in [1.165, 1.54) is 0 Å². The first-order valence-corrected chi connectivity index (χ1v) is 6.60. The Kier molecular flexibility index (Phi) is 5.26. The Morgan fingerprint density at radius 1 is 1.31 bits per heavy atom. The molecule has 0 saturated heterocycles. The number of aliphatic hydroxyl groups excluding tert-OH is 1. The first kappa shape index (κ1) is 13.5. The van der Waals surface area contributed by atoms with Crippen LogP contribution < -0.4 is 5.32 Å². The van der Waals surface area contributed by atoms with Gasteiger partial charge in [0.2, 0.25) is 5.91 Å².